The largest absolute Gasteiger partial charge is 0.375 e. The predicted molar refractivity (Wildman–Crippen MR) is 77.2 cm³/mol. The van der Waals surface area contributed by atoms with Gasteiger partial charge in [-0.15, -0.1) is 11.6 Å². The maximum atomic E-state index is 6.75. The molecule has 1 aliphatic heterocycles. The molecule has 0 aliphatic carbocycles. The molecule has 1 nitrogen and oxygen atoms in total. The van der Waals surface area contributed by atoms with Gasteiger partial charge in [0.25, 0.3) is 0 Å². The molecule has 100 valence electrons. The Kier molecular flexibility index (Phi) is 4.03. The van der Waals surface area contributed by atoms with Gasteiger partial charge in [0.05, 0.1) is 17.6 Å². The molecule has 2 heteroatoms. The second kappa shape index (κ2) is 5.22. The van der Waals surface area contributed by atoms with Crippen molar-refractivity contribution in [2.45, 2.75) is 52.2 Å². The highest BCUT2D eigenvalue weighted by Crippen LogP contribution is 2.44. The Morgan fingerprint density at radius 1 is 1.11 bits per heavy atom. The van der Waals surface area contributed by atoms with Gasteiger partial charge >= 0.3 is 0 Å². The van der Waals surface area contributed by atoms with Crippen molar-refractivity contribution in [2.24, 2.45) is 11.8 Å². The molecule has 1 aromatic rings. The van der Waals surface area contributed by atoms with E-state index in [1.54, 1.807) is 0 Å². The molecule has 1 fully saturated rings. The van der Waals surface area contributed by atoms with E-state index in [0.29, 0.717) is 17.9 Å². The molecule has 0 spiro atoms. The van der Waals surface area contributed by atoms with Gasteiger partial charge in [-0.2, -0.15) is 0 Å². The second-order valence-electron chi connectivity index (χ2n) is 5.74. The maximum absolute atomic E-state index is 6.75. The Hall–Kier alpha value is -0.530. The number of alkyl halides is 1. The van der Waals surface area contributed by atoms with Gasteiger partial charge in [0, 0.05) is 5.92 Å². The lowest BCUT2D eigenvalue weighted by Crippen LogP contribution is -2.22. The average Bonchev–Trinajstić information content (AvgIpc) is 2.52. The third-order valence-electron chi connectivity index (χ3n) is 4.38. The number of rotatable bonds is 2. The van der Waals surface area contributed by atoms with Crippen LogP contribution in [0.1, 0.15) is 42.8 Å². The summed E-state index contributed by atoms with van der Waals surface area (Å²) in [6.07, 6.45) is 0.537. The fourth-order valence-corrected chi connectivity index (χ4v) is 3.82. The molecule has 0 N–H and O–H groups in total. The zero-order valence-corrected chi connectivity index (χ0v) is 12.7. The first-order valence-corrected chi connectivity index (χ1v) is 7.22. The molecule has 5 atom stereocenters. The van der Waals surface area contributed by atoms with Crippen LogP contribution in [0.2, 0.25) is 0 Å². The van der Waals surface area contributed by atoms with Crippen LogP contribution in [0.3, 0.4) is 0 Å². The van der Waals surface area contributed by atoms with Gasteiger partial charge in [-0.25, -0.2) is 0 Å². The Balaban J connectivity index is 2.28. The van der Waals surface area contributed by atoms with Crippen molar-refractivity contribution in [1.29, 1.82) is 0 Å². The average molecular weight is 267 g/mol. The van der Waals surface area contributed by atoms with Crippen LogP contribution in [0.4, 0.5) is 0 Å². The van der Waals surface area contributed by atoms with Crippen LogP contribution in [-0.4, -0.2) is 12.2 Å². The molecule has 1 saturated heterocycles. The quantitative estimate of drug-likeness (QED) is 0.709. The highest BCUT2D eigenvalue weighted by molar-refractivity contribution is 6.21. The van der Waals surface area contributed by atoms with E-state index < -0.39 is 0 Å². The van der Waals surface area contributed by atoms with Crippen LogP contribution in [0.25, 0.3) is 0 Å². The lowest BCUT2D eigenvalue weighted by atomic mass is 9.83. The molecular weight excluding hydrogens is 244 g/mol. The van der Waals surface area contributed by atoms with E-state index in [2.05, 4.69) is 52.8 Å². The van der Waals surface area contributed by atoms with Crippen molar-refractivity contribution < 1.29 is 4.74 Å². The van der Waals surface area contributed by atoms with Gasteiger partial charge in [-0.1, -0.05) is 30.7 Å². The van der Waals surface area contributed by atoms with E-state index in [-0.39, 0.29) is 11.5 Å². The zero-order chi connectivity index (χ0) is 13.4. The first-order valence-electron chi connectivity index (χ1n) is 6.78. The SMILES string of the molecule is Cc1ccc(C(Cl)C2C(C)OC(C)C2C)c(C)c1. The molecular formula is C16H23ClO. The molecule has 0 saturated carbocycles. The molecule has 1 aromatic carbocycles. The topological polar surface area (TPSA) is 9.23 Å². The summed E-state index contributed by atoms with van der Waals surface area (Å²) >= 11 is 6.75. The molecule has 1 heterocycles. The highest BCUT2D eigenvalue weighted by atomic mass is 35.5. The summed E-state index contributed by atoms with van der Waals surface area (Å²) in [5.41, 5.74) is 3.83. The summed E-state index contributed by atoms with van der Waals surface area (Å²) in [6.45, 7) is 10.8. The standard InChI is InChI=1S/C16H23ClO/c1-9-6-7-14(10(2)8-9)16(17)15-11(3)12(4)18-13(15)5/h6-8,11-13,15-16H,1-5H3. The van der Waals surface area contributed by atoms with E-state index in [1.807, 2.05) is 0 Å². The molecule has 18 heavy (non-hydrogen) atoms. The summed E-state index contributed by atoms with van der Waals surface area (Å²) in [7, 11) is 0. The highest BCUT2D eigenvalue weighted by Gasteiger charge is 2.41. The maximum Gasteiger partial charge on any atom is 0.0644 e. The van der Waals surface area contributed by atoms with Crippen LogP contribution in [-0.2, 0) is 4.74 Å². The van der Waals surface area contributed by atoms with Crippen LogP contribution < -0.4 is 0 Å². The van der Waals surface area contributed by atoms with E-state index >= 15 is 0 Å². The Bertz CT molecular complexity index is 429. The van der Waals surface area contributed by atoms with E-state index in [4.69, 9.17) is 16.3 Å². The van der Waals surface area contributed by atoms with E-state index in [9.17, 15) is 0 Å². The lowest BCUT2D eigenvalue weighted by Gasteiger charge is -2.25. The number of ether oxygens (including phenoxy) is 1. The van der Waals surface area contributed by atoms with Gasteiger partial charge in [-0.3, -0.25) is 0 Å². The molecule has 0 amide bonds. The molecule has 1 aliphatic rings. The predicted octanol–water partition coefficient (Wildman–Crippen LogP) is 4.64. The summed E-state index contributed by atoms with van der Waals surface area (Å²) in [5.74, 6) is 0.895. The van der Waals surface area contributed by atoms with Crippen molar-refractivity contribution in [2.75, 3.05) is 0 Å². The van der Waals surface area contributed by atoms with Crippen LogP contribution in [0, 0.1) is 25.7 Å². The van der Waals surface area contributed by atoms with Crippen molar-refractivity contribution >= 4 is 11.6 Å². The third kappa shape index (κ3) is 2.44. The van der Waals surface area contributed by atoms with Crippen molar-refractivity contribution in [1.82, 2.24) is 0 Å². The van der Waals surface area contributed by atoms with Gasteiger partial charge in [0.15, 0.2) is 0 Å². The molecule has 5 unspecified atom stereocenters. The van der Waals surface area contributed by atoms with Gasteiger partial charge in [-0.05, 0) is 44.7 Å². The Morgan fingerprint density at radius 2 is 1.78 bits per heavy atom. The minimum absolute atomic E-state index is 0.0422. The van der Waals surface area contributed by atoms with E-state index in [0.717, 1.165) is 0 Å². The fourth-order valence-electron chi connectivity index (χ4n) is 3.14. The van der Waals surface area contributed by atoms with Crippen LogP contribution in [0.5, 0.6) is 0 Å². The molecule has 0 radical (unpaired) electrons. The first-order chi connectivity index (χ1) is 8.41. The van der Waals surface area contributed by atoms with Crippen LogP contribution in [0.15, 0.2) is 18.2 Å². The second-order valence-corrected chi connectivity index (χ2v) is 6.21. The molecule has 0 bridgehead atoms. The third-order valence-corrected chi connectivity index (χ3v) is 4.91. The Morgan fingerprint density at radius 3 is 2.28 bits per heavy atom. The van der Waals surface area contributed by atoms with Crippen molar-refractivity contribution in [3.63, 3.8) is 0 Å². The first kappa shape index (κ1) is 13.9. The van der Waals surface area contributed by atoms with Gasteiger partial charge in [0.2, 0.25) is 0 Å². The minimum atomic E-state index is 0.0422. The van der Waals surface area contributed by atoms with Gasteiger partial charge in [0.1, 0.15) is 0 Å². The summed E-state index contributed by atoms with van der Waals surface area (Å²) in [4.78, 5) is 0. The molecule has 0 aromatic heterocycles. The van der Waals surface area contributed by atoms with Crippen molar-refractivity contribution in [3.05, 3.63) is 34.9 Å². The van der Waals surface area contributed by atoms with Crippen LogP contribution >= 0.6 is 11.6 Å². The number of benzene rings is 1. The number of hydrogen-bond donors (Lipinski definition) is 0. The summed E-state index contributed by atoms with van der Waals surface area (Å²) in [5, 5.41) is 0.0422. The lowest BCUT2D eigenvalue weighted by molar-refractivity contribution is 0.0508. The number of aryl methyl sites for hydroxylation is 2. The normalized spacial score (nSPS) is 33.7. The fraction of sp³-hybridized carbons (Fsp3) is 0.625. The number of halogens is 1. The summed E-state index contributed by atoms with van der Waals surface area (Å²) in [6, 6.07) is 6.52. The van der Waals surface area contributed by atoms with Gasteiger partial charge < -0.3 is 4.74 Å². The summed E-state index contributed by atoms with van der Waals surface area (Å²) < 4.78 is 5.91. The van der Waals surface area contributed by atoms with E-state index in [1.165, 1.54) is 16.7 Å². The zero-order valence-electron chi connectivity index (χ0n) is 11.9. The van der Waals surface area contributed by atoms with Crippen molar-refractivity contribution in [3.8, 4) is 0 Å². The minimum Gasteiger partial charge on any atom is -0.375 e. The smallest absolute Gasteiger partial charge is 0.0644 e. The molecule has 2 rings (SSSR count). The monoisotopic (exact) mass is 266 g/mol. The number of hydrogen-bond acceptors (Lipinski definition) is 1. The Labute approximate surface area is 115 Å².